The van der Waals surface area contributed by atoms with Crippen molar-refractivity contribution < 1.29 is 27.0 Å². The minimum Gasteiger partial charge on any atom is -0.376 e. The first-order valence-corrected chi connectivity index (χ1v) is 17.8. The van der Waals surface area contributed by atoms with E-state index in [0.29, 0.717) is 6.54 Å². The molecule has 7 heteroatoms. The molecule has 0 heterocycles. The van der Waals surface area contributed by atoms with Crippen LogP contribution in [0.1, 0.15) is 89.5 Å². The molecule has 4 unspecified atom stereocenters. The van der Waals surface area contributed by atoms with Crippen molar-refractivity contribution in [3.63, 3.8) is 0 Å². The van der Waals surface area contributed by atoms with E-state index in [1.165, 1.54) is 42.0 Å². The second-order valence-corrected chi connectivity index (χ2v) is 14.3. The summed E-state index contributed by atoms with van der Waals surface area (Å²) in [5.74, 6) is -2.29. The number of ether oxygens (including phenoxy) is 2. The van der Waals surface area contributed by atoms with Gasteiger partial charge in [-0.1, -0.05) is 68.8 Å². The molecular weight excluding hydrogens is 638 g/mol. The second-order valence-electron chi connectivity index (χ2n) is 14.3. The average Bonchev–Trinajstić information content (AvgIpc) is 3.06. The molecule has 0 spiro atoms. The summed E-state index contributed by atoms with van der Waals surface area (Å²) in [7, 11) is 0. The molecule has 4 aromatic rings. The van der Waals surface area contributed by atoms with Crippen LogP contribution < -0.4 is 5.32 Å². The minimum absolute atomic E-state index is 0.0713. The summed E-state index contributed by atoms with van der Waals surface area (Å²) in [5.41, 5.74) is 6.26. The SMILES string of the molecule is Cc1cccc(C)c1C(CNC1(C(COCc2c(F)cccc2F)c2c(C)cccc2C)C(C)CCCC1C)COCc1c(F)cccc1F. The Hall–Kier alpha value is -3.52. The summed E-state index contributed by atoms with van der Waals surface area (Å²) in [6.45, 7) is 13.7. The van der Waals surface area contributed by atoms with Gasteiger partial charge in [0.25, 0.3) is 0 Å². The molecule has 0 amide bonds. The maximum Gasteiger partial charge on any atom is 0.131 e. The van der Waals surface area contributed by atoms with Crippen LogP contribution in [-0.4, -0.2) is 25.3 Å². The van der Waals surface area contributed by atoms with Crippen molar-refractivity contribution in [2.45, 2.75) is 91.4 Å². The summed E-state index contributed by atoms with van der Waals surface area (Å²) in [4.78, 5) is 0. The lowest BCUT2D eigenvalue weighted by molar-refractivity contribution is 0.00557. The van der Waals surface area contributed by atoms with Gasteiger partial charge in [0, 0.05) is 35.0 Å². The molecule has 0 aromatic heterocycles. The lowest BCUT2D eigenvalue weighted by Gasteiger charge is -2.54. The fourth-order valence-electron chi connectivity index (χ4n) is 8.63. The molecule has 3 nitrogen and oxygen atoms in total. The number of hydrogen-bond acceptors (Lipinski definition) is 3. The molecule has 1 fully saturated rings. The number of benzene rings is 4. The standard InChI is InChI=1S/C43H51F4NO2/c1-27-12-7-13-28(2)41(27)33(23-49-24-34-37(44)18-10-19-38(34)45)22-48-43(31(5)16-9-17-32(43)6)36(42-29(3)14-8-15-30(42)4)26-50-25-35-39(46)20-11-21-40(35)47/h7-8,10-15,18-21,31-33,36,48H,9,16-17,22-26H2,1-6H3. The lowest BCUT2D eigenvalue weighted by atomic mass is 9.58. The highest BCUT2D eigenvalue weighted by atomic mass is 19.1. The third kappa shape index (κ3) is 8.01. The zero-order valence-electron chi connectivity index (χ0n) is 30.2. The van der Waals surface area contributed by atoms with Gasteiger partial charge in [0.15, 0.2) is 0 Å². The van der Waals surface area contributed by atoms with Gasteiger partial charge in [-0.3, -0.25) is 0 Å². The van der Waals surface area contributed by atoms with E-state index in [9.17, 15) is 17.6 Å². The Morgan fingerprint density at radius 3 is 1.48 bits per heavy atom. The summed E-state index contributed by atoms with van der Waals surface area (Å²) < 4.78 is 70.9. The van der Waals surface area contributed by atoms with Crippen LogP contribution in [-0.2, 0) is 22.7 Å². The first-order valence-electron chi connectivity index (χ1n) is 17.8. The molecule has 268 valence electrons. The molecular formula is C43H51F4NO2. The lowest BCUT2D eigenvalue weighted by Crippen LogP contribution is -2.62. The number of aryl methyl sites for hydroxylation is 4. The first kappa shape index (κ1) is 37.7. The van der Waals surface area contributed by atoms with Crippen molar-refractivity contribution in [2.24, 2.45) is 11.8 Å². The van der Waals surface area contributed by atoms with Gasteiger partial charge in [0.1, 0.15) is 23.3 Å². The fourth-order valence-corrected chi connectivity index (χ4v) is 8.63. The van der Waals surface area contributed by atoms with Gasteiger partial charge in [0.05, 0.1) is 26.4 Å². The van der Waals surface area contributed by atoms with Crippen LogP contribution in [0.4, 0.5) is 17.6 Å². The highest BCUT2D eigenvalue weighted by Crippen LogP contribution is 2.49. The van der Waals surface area contributed by atoms with Crippen LogP contribution in [0.3, 0.4) is 0 Å². The predicted octanol–water partition coefficient (Wildman–Crippen LogP) is 10.6. The van der Waals surface area contributed by atoms with Crippen molar-refractivity contribution in [3.8, 4) is 0 Å². The maximum absolute atomic E-state index is 14.7. The molecule has 1 N–H and O–H groups in total. The van der Waals surface area contributed by atoms with Crippen molar-refractivity contribution >= 4 is 0 Å². The van der Waals surface area contributed by atoms with E-state index >= 15 is 0 Å². The average molecular weight is 690 g/mol. The van der Waals surface area contributed by atoms with Gasteiger partial charge in [-0.05, 0) is 110 Å². The Morgan fingerprint density at radius 1 is 0.620 bits per heavy atom. The van der Waals surface area contributed by atoms with Crippen LogP contribution in [0.25, 0.3) is 0 Å². The monoisotopic (exact) mass is 689 g/mol. The van der Waals surface area contributed by atoms with Gasteiger partial charge in [-0.15, -0.1) is 0 Å². The van der Waals surface area contributed by atoms with Gasteiger partial charge in [-0.2, -0.15) is 0 Å². The Balaban J connectivity index is 1.52. The van der Waals surface area contributed by atoms with Crippen molar-refractivity contribution in [1.29, 1.82) is 0 Å². The Morgan fingerprint density at radius 2 is 1.02 bits per heavy atom. The van der Waals surface area contributed by atoms with E-state index in [0.717, 1.165) is 47.1 Å². The molecule has 4 atom stereocenters. The highest BCUT2D eigenvalue weighted by Gasteiger charge is 2.50. The zero-order valence-corrected chi connectivity index (χ0v) is 30.2. The van der Waals surface area contributed by atoms with Crippen LogP contribution in [0, 0.1) is 62.8 Å². The number of hydrogen-bond donors (Lipinski definition) is 1. The molecule has 0 saturated heterocycles. The smallest absolute Gasteiger partial charge is 0.131 e. The van der Waals surface area contributed by atoms with Gasteiger partial charge in [-0.25, -0.2) is 17.6 Å². The van der Waals surface area contributed by atoms with Crippen molar-refractivity contribution in [1.82, 2.24) is 5.32 Å². The van der Waals surface area contributed by atoms with E-state index < -0.39 is 28.8 Å². The highest BCUT2D eigenvalue weighted by molar-refractivity contribution is 5.41. The summed E-state index contributed by atoms with van der Waals surface area (Å²) in [6.07, 6.45) is 3.12. The van der Waals surface area contributed by atoms with E-state index in [1.54, 1.807) is 0 Å². The minimum atomic E-state index is -0.623. The normalized spacial score (nSPS) is 20.5. The quantitative estimate of drug-likeness (QED) is 0.134. The largest absolute Gasteiger partial charge is 0.376 e. The number of halogens is 4. The Labute approximate surface area is 295 Å². The molecule has 0 aliphatic heterocycles. The van der Waals surface area contributed by atoms with Crippen LogP contribution >= 0.6 is 0 Å². The summed E-state index contributed by atoms with van der Waals surface area (Å²) in [6, 6.07) is 20.2. The topological polar surface area (TPSA) is 30.5 Å². The first-order chi connectivity index (χ1) is 24.0. The molecule has 0 bridgehead atoms. The van der Waals surface area contributed by atoms with Crippen LogP contribution in [0.2, 0.25) is 0 Å². The molecule has 1 aliphatic carbocycles. The van der Waals surface area contributed by atoms with Gasteiger partial charge in [0.2, 0.25) is 0 Å². The molecule has 1 saturated carbocycles. The summed E-state index contributed by atoms with van der Waals surface area (Å²) in [5, 5.41) is 4.13. The number of rotatable bonds is 14. The van der Waals surface area contributed by atoms with E-state index in [1.807, 2.05) is 6.07 Å². The Bertz CT molecular complexity index is 1670. The third-order valence-electron chi connectivity index (χ3n) is 11.2. The molecule has 50 heavy (non-hydrogen) atoms. The van der Waals surface area contributed by atoms with Crippen LogP contribution in [0.15, 0.2) is 72.8 Å². The Kier molecular flexibility index (Phi) is 12.6. The van der Waals surface area contributed by atoms with E-state index in [2.05, 4.69) is 77.2 Å². The molecule has 0 radical (unpaired) electrons. The predicted molar refractivity (Wildman–Crippen MR) is 192 cm³/mol. The van der Waals surface area contributed by atoms with E-state index in [4.69, 9.17) is 9.47 Å². The van der Waals surface area contributed by atoms with E-state index in [-0.39, 0.29) is 61.2 Å². The zero-order chi connectivity index (χ0) is 36.0. The number of nitrogens with one attached hydrogen (secondary N) is 1. The second kappa shape index (κ2) is 16.7. The maximum atomic E-state index is 14.7. The summed E-state index contributed by atoms with van der Waals surface area (Å²) >= 11 is 0. The van der Waals surface area contributed by atoms with Crippen molar-refractivity contribution in [2.75, 3.05) is 19.8 Å². The molecule has 5 rings (SSSR count). The molecule has 1 aliphatic rings. The van der Waals surface area contributed by atoms with Gasteiger partial charge >= 0.3 is 0 Å². The van der Waals surface area contributed by atoms with Crippen molar-refractivity contribution in [3.05, 3.63) is 141 Å². The third-order valence-corrected chi connectivity index (χ3v) is 11.2. The van der Waals surface area contributed by atoms with Gasteiger partial charge < -0.3 is 14.8 Å². The fraction of sp³-hybridized carbons (Fsp3) is 0.442. The van der Waals surface area contributed by atoms with Crippen LogP contribution in [0.5, 0.6) is 0 Å². The molecule has 4 aromatic carbocycles.